The van der Waals surface area contributed by atoms with Gasteiger partial charge in [0.1, 0.15) is 5.75 Å². The molecule has 5 heteroatoms. The van der Waals surface area contributed by atoms with E-state index >= 15 is 0 Å². The Bertz CT molecular complexity index is 938. The summed E-state index contributed by atoms with van der Waals surface area (Å²) in [6, 6.07) is 23.1. The third-order valence-electron chi connectivity index (χ3n) is 4.03. The predicted octanol–water partition coefficient (Wildman–Crippen LogP) is 4.98. The monoisotopic (exact) mass is 374 g/mol. The van der Waals surface area contributed by atoms with Crippen molar-refractivity contribution in [2.24, 2.45) is 0 Å². The van der Waals surface area contributed by atoms with Gasteiger partial charge < -0.3 is 15.4 Å². The second kappa shape index (κ2) is 9.37. The second-order valence-electron chi connectivity index (χ2n) is 6.20. The van der Waals surface area contributed by atoms with Crippen LogP contribution in [-0.4, -0.2) is 18.4 Å². The Morgan fingerprint density at radius 3 is 1.96 bits per heavy atom. The molecule has 3 aromatic carbocycles. The molecule has 0 aliphatic carbocycles. The number of nitrogens with one attached hydrogen (secondary N) is 2. The molecule has 0 aliphatic rings. The molecule has 142 valence electrons. The first kappa shape index (κ1) is 19.2. The average molecular weight is 374 g/mol. The van der Waals surface area contributed by atoms with E-state index in [0.717, 1.165) is 6.42 Å². The van der Waals surface area contributed by atoms with Gasteiger partial charge in [0.15, 0.2) is 0 Å². The summed E-state index contributed by atoms with van der Waals surface area (Å²) >= 11 is 0. The van der Waals surface area contributed by atoms with Crippen LogP contribution in [0.2, 0.25) is 0 Å². The van der Waals surface area contributed by atoms with E-state index in [1.165, 1.54) is 0 Å². The fraction of sp³-hybridized carbons (Fsp3) is 0.130. The lowest BCUT2D eigenvalue weighted by Gasteiger charge is -2.11. The van der Waals surface area contributed by atoms with Crippen LogP contribution in [0.3, 0.4) is 0 Å². The van der Waals surface area contributed by atoms with Crippen LogP contribution in [0.1, 0.15) is 34.1 Å². The second-order valence-corrected chi connectivity index (χ2v) is 6.20. The lowest BCUT2D eigenvalue weighted by Crippen LogP contribution is -2.14. The van der Waals surface area contributed by atoms with Crippen LogP contribution < -0.4 is 15.4 Å². The number of para-hydroxylation sites is 1. The van der Waals surface area contributed by atoms with Crippen LogP contribution in [0.15, 0.2) is 78.9 Å². The summed E-state index contributed by atoms with van der Waals surface area (Å²) in [6.45, 7) is 2.57. The molecule has 3 aromatic rings. The molecule has 0 spiro atoms. The molecule has 0 aliphatic heterocycles. The summed E-state index contributed by atoms with van der Waals surface area (Å²) in [5.74, 6) is 0.140. The Labute approximate surface area is 164 Å². The Kier molecular flexibility index (Phi) is 6.41. The van der Waals surface area contributed by atoms with E-state index in [-0.39, 0.29) is 11.8 Å². The molecule has 0 radical (unpaired) electrons. The number of ether oxygens (including phenoxy) is 1. The molecular formula is C23H22N2O3. The van der Waals surface area contributed by atoms with E-state index < -0.39 is 0 Å². The Morgan fingerprint density at radius 2 is 1.32 bits per heavy atom. The van der Waals surface area contributed by atoms with Crippen molar-refractivity contribution in [3.8, 4) is 5.75 Å². The zero-order chi connectivity index (χ0) is 19.8. The molecule has 2 N–H and O–H groups in total. The minimum Gasteiger partial charge on any atom is -0.493 e. The van der Waals surface area contributed by atoms with Gasteiger partial charge in [-0.05, 0) is 55.0 Å². The van der Waals surface area contributed by atoms with E-state index in [1.807, 2.05) is 31.2 Å². The number of amides is 2. The van der Waals surface area contributed by atoms with Gasteiger partial charge in [0, 0.05) is 16.9 Å². The topological polar surface area (TPSA) is 67.4 Å². The first-order valence-corrected chi connectivity index (χ1v) is 9.17. The quantitative estimate of drug-likeness (QED) is 0.613. The zero-order valence-electron chi connectivity index (χ0n) is 15.6. The molecule has 0 heterocycles. The number of benzene rings is 3. The Balaban J connectivity index is 1.64. The van der Waals surface area contributed by atoms with Crippen LogP contribution in [0.25, 0.3) is 0 Å². The molecule has 0 bridgehead atoms. The molecule has 3 rings (SSSR count). The van der Waals surface area contributed by atoms with Gasteiger partial charge >= 0.3 is 0 Å². The Hall–Kier alpha value is -3.60. The molecule has 0 saturated carbocycles. The fourth-order valence-corrected chi connectivity index (χ4v) is 2.62. The summed E-state index contributed by atoms with van der Waals surface area (Å²) in [7, 11) is 0. The first-order chi connectivity index (χ1) is 13.7. The number of hydrogen-bond acceptors (Lipinski definition) is 3. The number of carbonyl (C=O) groups excluding carboxylic acids is 2. The van der Waals surface area contributed by atoms with Gasteiger partial charge in [-0.15, -0.1) is 0 Å². The summed E-state index contributed by atoms with van der Waals surface area (Å²) in [5.41, 5.74) is 2.35. The van der Waals surface area contributed by atoms with E-state index in [0.29, 0.717) is 34.9 Å². The number of carbonyl (C=O) groups is 2. The molecule has 0 fully saturated rings. The molecule has 0 unspecified atom stereocenters. The standard InChI is InChI=1S/C23H22N2O3/c1-2-16-28-21-11-7-6-10-20(21)23(27)25-19-14-12-18(13-15-19)24-22(26)17-8-4-3-5-9-17/h3-15H,2,16H2,1H3,(H,24,26)(H,25,27). The van der Waals surface area contributed by atoms with Crippen molar-refractivity contribution in [2.45, 2.75) is 13.3 Å². The zero-order valence-corrected chi connectivity index (χ0v) is 15.6. The summed E-state index contributed by atoms with van der Waals surface area (Å²) in [4.78, 5) is 24.8. The van der Waals surface area contributed by atoms with Crippen LogP contribution in [0.5, 0.6) is 5.75 Å². The SMILES string of the molecule is CCCOc1ccccc1C(=O)Nc1ccc(NC(=O)c2ccccc2)cc1. The maximum atomic E-state index is 12.6. The number of rotatable bonds is 7. The van der Waals surface area contributed by atoms with Gasteiger partial charge in [0.2, 0.25) is 0 Å². The van der Waals surface area contributed by atoms with E-state index in [9.17, 15) is 9.59 Å². The van der Waals surface area contributed by atoms with Crippen LogP contribution in [0.4, 0.5) is 11.4 Å². The van der Waals surface area contributed by atoms with E-state index in [2.05, 4.69) is 10.6 Å². The highest BCUT2D eigenvalue weighted by molar-refractivity contribution is 6.07. The van der Waals surface area contributed by atoms with Gasteiger partial charge in [0.25, 0.3) is 11.8 Å². The minimum atomic E-state index is -0.243. The highest BCUT2D eigenvalue weighted by atomic mass is 16.5. The van der Waals surface area contributed by atoms with Crippen molar-refractivity contribution >= 4 is 23.2 Å². The van der Waals surface area contributed by atoms with Gasteiger partial charge in [-0.3, -0.25) is 9.59 Å². The third-order valence-corrected chi connectivity index (χ3v) is 4.03. The largest absolute Gasteiger partial charge is 0.493 e. The normalized spacial score (nSPS) is 10.2. The summed E-state index contributed by atoms with van der Waals surface area (Å²) in [5, 5.41) is 5.69. The molecule has 5 nitrogen and oxygen atoms in total. The lowest BCUT2D eigenvalue weighted by molar-refractivity contribution is 0.101. The Morgan fingerprint density at radius 1 is 0.750 bits per heavy atom. The van der Waals surface area contributed by atoms with Gasteiger partial charge in [0.05, 0.1) is 12.2 Å². The average Bonchev–Trinajstić information content (AvgIpc) is 2.74. The van der Waals surface area contributed by atoms with Crippen molar-refractivity contribution in [3.05, 3.63) is 90.0 Å². The highest BCUT2D eigenvalue weighted by Gasteiger charge is 2.12. The summed E-state index contributed by atoms with van der Waals surface area (Å²) < 4.78 is 5.64. The van der Waals surface area contributed by atoms with E-state index in [4.69, 9.17) is 4.74 Å². The minimum absolute atomic E-state index is 0.181. The lowest BCUT2D eigenvalue weighted by atomic mass is 10.1. The molecule has 0 aromatic heterocycles. The van der Waals surface area contributed by atoms with E-state index in [1.54, 1.807) is 54.6 Å². The molecule has 0 atom stereocenters. The van der Waals surface area contributed by atoms with Gasteiger partial charge in [-0.1, -0.05) is 37.3 Å². The molecular weight excluding hydrogens is 352 g/mol. The molecule has 0 saturated heterocycles. The van der Waals surface area contributed by atoms with Crippen molar-refractivity contribution in [3.63, 3.8) is 0 Å². The van der Waals surface area contributed by atoms with Crippen molar-refractivity contribution in [1.82, 2.24) is 0 Å². The summed E-state index contributed by atoms with van der Waals surface area (Å²) in [6.07, 6.45) is 0.867. The molecule has 2 amide bonds. The van der Waals surface area contributed by atoms with Gasteiger partial charge in [-0.25, -0.2) is 0 Å². The maximum Gasteiger partial charge on any atom is 0.259 e. The highest BCUT2D eigenvalue weighted by Crippen LogP contribution is 2.21. The predicted molar refractivity (Wildman–Crippen MR) is 111 cm³/mol. The number of anilines is 2. The number of hydrogen-bond donors (Lipinski definition) is 2. The molecule has 28 heavy (non-hydrogen) atoms. The smallest absolute Gasteiger partial charge is 0.259 e. The van der Waals surface area contributed by atoms with Crippen LogP contribution in [0, 0.1) is 0 Å². The van der Waals surface area contributed by atoms with Crippen molar-refractivity contribution < 1.29 is 14.3 Å². The maximum absolute atomic E-state index is 12.6. The van der Waals surface area contributed by atoms with Crippen LogP contribution >= 0.6 is 0 Å². The van der Waals surface area contributed by atoms with Crippen molar-refractivity contribution in [2.75, 3.05) is 17.2 Å². The first-order valence-electron chi connectivity index (χ1n) is 9.17. The van der Waals surface area contributed by atoms with Crippen LogP contribution in [-0.2, 0) is 0 Å². The third kappa shape index (κ3) is 4.98. The van der Waals surface area contributed by atoms with Crippen molar-refractivity contribution in [1.29, 1.82) is 0 Å². The van der Waals surface area contributed by atoms with Gasteiger partial charge in [-0.2, -0.15) is 0 Å². The fourth-order valence-electron chi connectivity index (χ4n) is 2.62.